The maximum absolute atomic E-state index is 12.7. The predicted octanol–water partition coefficient (Wildman–Crippen LogP) is 4.55. The number of anilines is 1. The van der Waals surface area contributed by atoms with E-state index in [2.05, 4.69) is 5.32 Å². The first-order valence-electron chi connectivity index (χ1n) is 6.76. The normalized spacial score (nSPS) is 12.2. The van der Waals surface area contributed by atoms with Crippen molar-refractivity contribution in [3.63, 3.8) is 0 Å². The minimum atomic E-state index is -4.95. The van der Waals surface area contributed by atoms with Crippen LogP contribution in [0.15, 0.2) is 42.7 Å². The summed E-state index contributed by atoms with van der Waals surface area (Å²) in [7, 11) is 0. The highest BCUT2D eigenvalue weighted by molar-refractivity contribution is 5.90. The number of halogens is 6. The fourth-order valence-corrected chi connectivity index (χ4v) is 2.00. The molecule has 2 rings (SSSR count). The summed E-state index contributed by atoms with van der Waals surface area (Å²) in [6.07, 6.45) is -6.64. The maximum Gasteiger partial charge on any atom is 0.416 e. The van der Waals surface area contributed by atoms with E-state index in [9.17, 15) is 31.1 Å². The second-order valence-corrected chi connectivity index (χ2v) is 5.01. The summed E-state index contributed by atoms with van der Waals surface area (Å²) >= 11 is 0. The zero-order valence-corrected chi connectivity index (χ0v) is 12.1. The zero-order chi connectivity index (χ0) is 18.0. The van der Waals surface area contributed by atoms with Crippen molar-refractivity contribution in [2.45, 2.75) is 25.3 Å². The number of benzene rings is 1. The van der Waals surface area contributed by atoms with E-state index >= 15 is 0 Å². The van der Waals surface area contributed by atoms with Crippen LogP contribution in [0.4, 0.5) is 32.0 Å². The van der Waals surface area contributed by atoms with Crippen molar-refractivity contribution in [1.82, 2.24) is 4.57 Å². The van der Waals surface area contributed by atoms with E-state index < -0.39 is 35.1 Å². The van der Waals surface area contributed by atoms with Gasteiger partial charge in [0, 0.05) is 31.0 Å². The Labute approximate surface area is 132 Å². The van der Waals surface area contributed by atoms with Gasteiger partial charge in [-0.3, -0.25) is 4.79 Å². The van der Waals surface area contributed by atoms with Gasteiger partial charge in [0.1, 0.15) is 0 Å². The highest BCUT2D eigenvalue weighted by atomic mass is 19.4. The Morgan fingerprint density at radius 3 is 1.88 bits per heavy atom. The van der Waals surface area contributed by atoms with Crippen molar-refractivity contribution in [2.75, 3.05) is 5.32 Å². The van der Waals surface area contributed by atoms with E-state index in [-0.39, 0.29) is 19.0 Å². The third kappa shape index (κ3) is 4.77. The Balaban J connectivity index is 2.17. The van der Waals surface area contributed by atoms with Crippen LogP contribution in [0.2, 0.25) is 0 Å². The molecule has 0 saturated heterocycles. The summed E-state index contributed by atoms with van der Waals surface area (Å²) in [6.45, 7) is 0.254. The van der Waals surface area contributed by atoms with E-state index in [0.717, 1.165) is 0 Å². The molecule has 0 radical (unpaired) electrons. The quantitative estimate of drug-likeness (QED) is 0.807. The molecule has 0 bridgehead atoms. The first kappa shape index (κ1) is 17.9. The van der Waals surface area contributed by atoms with Gasteiger partial charge in [-0.25, -0.2) is 0 Å². The standard InChI is InChI=1S/C15H12F6N2O/c16-14(17,18)10-7-11(15(19,20)21)9-12(8-10)22-13(24)3-6-23-4-1-2-5-23/h1-2,4-5,7-9H,3,6H2,(H,22,24). The van der Waals surface area contributed by atoms with Crippen molar-refractivity contribution < 1.29 is 31.1 Å². The second kappa shape index (κ2) is 6.58. The summed E-state index contributed by atoms with van der Waals surface area (Å²) in [6, 6.07) is 4.40. The fourth-order valence-electron chi connectivity index (χ4n) is 2.00. The SMILES string of the molecule is O=C(CCn1cccc1)Nc1cc(C(F)(F)F)cc(C(F)(F)F)c1. The number of hydrogen-bond donors (Lipinski definition) is 1. The van der Waals surface area contributed by atoms with Crippen LogP contribution in [-0.4, -0.2) is 10.5 Å². The van der Waals surface area contributed by atoms with Gasteiger partial charge < -0.3 is 9.88 Å². The minimum absolute atomic E-state index is 0.00940. The van der Waals surface area contributed by atoms with Crippen LogP contribution in [0.3, 0.4) is 0 Å². The fraction of sp³-hybridized carbons (Fsp3) is 0.267. The van der Waals surface area contributed by atoms with Crippen molar-refractivity contribution in [2.24, 2.45) is 0 Å². The molecule has 0 aliphatic rings. The van der Waals surface area contributed by atoms with Crippen LogP contribution >= 0.6 is 0 Å². The van der Waals surface area contributed by atoms with Gasteiger partial charge in [-0.15, -0.1) is 0 Å². The molecule has 1 N–H and O–H groups in total. The summed E-state index contributed by atoms with van der Waals surface area (Å²) in [5.41, 5.74) is -3.49. The number of aromatic nitrogens is 1. The monoisotopic (exact) mass is 350 g/mol. The molecule has 2 aromatic rings. The topological polar surface area (TPSA) is 34.0 Å². The van der Waals surface area contributed by atoms with Crippen molar-refractivity contribution in [1.29, 1.82) is 0 Å². The first-order chi connectivity index (χ1) is 11.1. The Kier molecular flexibility index (Phi) is 4.91. The molecule has 0 spiro atoms. The lowest BCUT2D eigenvalue weighted by atomic mass is 10.1. The molecule has 0 unspecified atom stereocenters. The zero-order valence-electron chi connectivity index (χ0n) is 12.1. The summed E-state index contributed by atoms with van der Waals surface area (Å²) in [4.78, 5) is 11.7. The lowest BCUT2D eigenvalue weighted by Crippen LogP contribution is -2.17. The van der Waals surface area contributed by atoms with Crippen molar-refractivity contribution >= 4 is 11.6 Å². The molecule has 130 valence electrons. The number of amides is 1. The average molecular weight is 350 g/mol. The van der Waals surface area contributed by atoms with E-state index in [0.29, 0.717) is 12.1 Å². The van der Waals surface area contributed by atoms with Gasteiger partial charge in [-0.05, 0) is 30.3 Å². The summed E-state index contributed by atoms with van der Waals surface area (Å²) < 4.78 is 78.0. The van der Waals surface area contributed by atoms with E-state index in [4.69, 9.17) is 0 Å². The molecule has 1 heterocycles. The van der Waals surface area contributed by atoms with Crippen LogP contribution in [0.25, 0.3) is 0 Å². The maximum atomic E-state index is 12.7. The number of aryl methyl sites for hydroxylation is 1. The lowest BCUT2D eigenvalue weighted by Gasteiger charge is -2.14. The molecule has 3 nitrogen and oxygen atoms in total. The summed E-state index contributed by atoms with van der Waals surface area (Å²) in [5, 5.41) is 2.08. The van der Waals surface area contributed by atoms with E-state index in [1.807, 2.05) is 0 Å². The Morgan fingerprint density at radius 1 is 0.917 bits per heavy atom. The third-order valence-electron chi connectivity index (χ3n) is 3.13. The number of carbonyl (C=O) groups is 1. The molecule has 0 aliphatic carbocycles. The minimum Gasteiger partial charge on any atom is -0.354 e. The van der Waals surface area contributed by atoms with Crippen molar-refractivity contribution in [3.05, 3.63) is 53.9 Å². The Bertz CT molecular complexity index is 671. The number of hydrogen-bond acceptors (Lipinski definition) is 1. The predicted molar refractivity (Wildman–Crippen MR) is 74.1 cm³/mol. The number of alkyl halides is 6. The Hall–Kier alpha value is -2.45. The number of nitrogens with one attached hydrogen (secondary N) is 1. The molecular formula is C15H12F6N2O. The number of nitrogens with zero attached hydrogens (tertiary/aromatic N) is 1. The summed E-state index contributed by atoms with van der Waals surface area (Å²) in [5.74, 6) is -0.684. The highest BCUT2D eigenvalue weighted by Crippen LogP contribution is 2.37. The van der Waals surface area contributed by atoms with Gasteiger partial charge in [0.2, 0.25) is 5.91 Å². The molecule has 1 amide bonds. The molecule has 24 heavy (non-hydrogen) atoms. The van der Waals surface area contributed by atoms with Gasteiger partial charge in [0.05, 0.1) is 11.1 Å². The second-order valence-electron chi connectivity index (χ2n) is 5.01. The average Bonchev–Trinajstić information content (AvgIpc) is 2.96. The van der Waals surface area contributed by atoms with E-state index in [1.54, 1.807) is 29.1 Å². The van der Waals surface area contributed by atoms with Gasteiger partial charge in [0.25, 0.3) is 0 Å². The van der Waals surface area contributed by atoms with Crippen LogP contribution in [0.1, 0.15) is 17.5 Å². The number of rotatable bonds is 4. The highest BCUT2D eigenvalue weighted by Gasteiger charge is 2.37. The molecule has 0 atom stereocenters. The molecule has 1 aromatic heterocycles. The van der Waals surface area contributed by atoms with Gasteiger partial charge in [0.15, 0.2) is 0 Å². The number of carbonyl (C=O) groups excluding carboxylic acids is 1. The van der Waals surface area contributed by atoms with Crippen LogP contribution in [-0.2, 0) is 23.7 Å². The molecule has 1 aromatic carbocycles. The van der Waals surface area contributed by atoms with Crippen LogP contribution in [0.5, 0.6) is 0 Å². The molecular weight excluding hydrogens is 338 g/mol. The first-order valence-corrected chi connectivity index (χ1v) is 6.76. The van der Waals surface area contributed by atoms with Gasteiger partial charge >= 0.3 is 12.4 Å². The van der Waals surface area contributed by atoms with E-state index in [1.165, 1.54) is 0 Å². The third-order valence-corrected chi connectivity index (χ3v) is 3.13. The molecule has 0 saturated carbocycles. The van der Waals surface area contributed by atoms with Crippen molar-refractivity contribution in [3.8, 4) is 0 Å². The van der Waals surface area contributed by atoms with Crippen LogP contribution < -0.4 is 5.32 Å². The van der Waals surface area contributed by atoms with Gasteiger partial charge in [-0.2, -0.15) is 26.3 Å². The molecule has 0 fully saturated rings. The van der Waals surface area contributed by atoms with Gasteiger partial charge in [-0.1, -0.05) is 0 Å². The largest absolute Gasteiger partial charge is 0.416 e. The molecule has 0 aliphatic heterocycles. The lowest BCUT2D eigenvalue weighted by molar-refractivity contribution is -0.143. The smallest absolute Gasteiger partial charge is 0.354 e. The Morgan fingerprint density at radius 2 is 1.42 bits per heavy atom. The van der Waals surface area contributed by atoms with Crippen LogP contribution in [0, 0.1) is 0 Å². The molecule has 9 heteroatoms.